The molecule has 1 aromatic carbocycles. The van der Waals surface area contributed by atoms with Crippen LogP contribution in [-0.4, -0.2) is 17.6 Å². The van der Waals surface area contributed by atoms with Gasteiger partial charge in [0.1, 0.15) is 0 Å². The number of amides is 1. The molecular weight excluding hydrogens is 238 g/mol. The standard InChI is InChI=1S/C16H21NO2/c18-15(12-4-2-1-3-5-12)13-7-6-11-8-9-17-16(19)14(11)10-13/h6-7,10,12,15,18H,1-5,8-9H2,(H,17,19)/t15-/m0/s1. The maximum absolute atomic E-state index is 11.8. The van der Waals surface area contributed by atoms with E-state index in [2.05, 4.69) is 5.32 Å². The van der Waals surface area contributed by atoms with Crippen LogP contribution >= 0.6 is 0 Å². The van der Waals surface area contributed by atoms with E-state index in [1.807, 2.05) is 18.2 Å². The Hall–Kier alpha value is -1.35. The van der Waals surface area contributed by atoms with Gasteiger partial charge in [-0.25, -0.2) is 0 Å². The third-order valence-electron chi connectivity index (χ3n) is 4.50. The monoisotopic (exact) mass is 259 g/mol. The van der Waals surface area contributed by atoms with Crippen molar-refractivity contribution in [3.8, 4) is 0 Å². The highest BCUT2D eigenvalue weighted by atomic mass is 16.3. The van der Waals surface area contributed by atoms with E-state index < -0.39 is 6.10 Å². The third kappa shape index (κ3) is 2.52. The zero-order valence-electron chi connectivity index (χ0n) is 11.2. The second-order valence-electron chi connectivity index (χ2n) is 5.77. The molecule has 1 atom stereocenters. The van der Waals surface area contributed by atoms with Crippen LogP contribution in [0.1, 0.15) is 59.7 Å². The van der Waals surface area contributed by atoms with Gasteiger partial charge < -0.3 is 10.4 Å². The van der Waals surface area contributed by atoms with Crippen LogP contribution in [0.2, 0.25) is 0 Å². The van der Waals surface area contributed by atoms with Gasteiger partial charge in [0.05, 0.1) is 6.10 Å². The van der Waals surface area contributed by atoms with Gasteiger partial charge in [0.15, 0.2) is 0 Å². The maximum Gasteiger partial charge on any atom is 0.251 e. The molecule has 1 aromatic rings. The summed E-state index contributed by atoms with van der Waals surface area (Å²) in [6, 6.07) is 5.90. The Labute approximate surface area is 114 Å². The highest BCUT2D eigenvalue weighted by Gasteiger charge is 2.25. The summed E-state index contributed by atoms with van der Waals surface area (Å²) in [5.41, 5.74) is 2.75. The molecule has 19 heavy (non-hydrogen) atoms. The molecule has 0 saturated heterocycles. The first-order valence-corrected chi connectivity index (χ1v) is 7.35. The average molecular weight is 259 g/mol. The number of carbonyl (C=O) groups is 1. The number of rotatable bonds is 2. The van der Waals surface area contributed by atoms with Gasteiger partial charge in [-0.2, -0.15) is 0 Å². The van der Waals surface area contributed by atoms with E-state index in [0.29, 0.717) is 5.92 Å². The van der Waals surface area contributed by atoms with Gasteiger partial charge in [0, 0.05) is 12.1 Å². The van der Waals surface area contributed by atoms with E-state index in [-0.39, 0.29) is 5.91 Å². The molecule has 3 heteroatoms. The second kappa shape index (κ2) is 5.33. The highest BCUT2D eigenvalue weighted by Crippen LogP contribution is 2.35. The van der Waals surface area contributed by atoms with Crippen molar-refractivity contribution in [2.24, 2.45) is 5.92 Å². The fourth-order valence-electron chi connectivity index (χ4n) is 3.34. The van der Waals surface area contributed by atoms with Crippen LogP contribution in [-0.2, 0) is 6.42 Å². The van der Waals surface area contributed by atoms with Crippen LogP contribution < -0.4 is 5.32 Å². The summed E-state index contributed by atoms with van der Waals surface area (Å²) in [4.78, 5) is 11.8. The number of aliphatic hydroxyl groups is 1. The average Bonchev–Trinajstić information content (AvgIpc) is 2.47. The van der Waals surface area contributed by atoms with Gasteiger partial charge in [0.25, 0.3) is 5.91 Å². The molecule has 0 bridgehead atoms. The molecule has 1 heterocycles. The first-order valence-electron chi connectivity index (χ1n) is 7.35. The summed E-state index contributed by atoms with van der Waals surface area (Å²) in [6.45, 7) is 0.719. The van der Waals surface area contributed by atoms with E-state index in [1.165, 1.54) is 19.3 Å². The van der Waals surface area contributed by atoms with Gasteiger partial charge in [-0.15, -0.1) is 0 Å². The number of hydrogen-bond acceptors (Lipinski definition) is 2. The Bertz CT molecular complexity index is 478. The minimum atomic E-state index is -0.416. The Balaban J connectivity index is 1.84. The fourth-order valence-corrected chi connectivity index (χ4v) is 3.34. The van der Waals surface area contributed by atoms with E-state index in [1.54, 1.807) is 0 Å². The number of hydrogen-bond donors (Lipinski definition) is 2. The molecule has 3 nitrogen and oxygen atoms in total. The molecule has 0 unspecified atom stereocenters. The lowest BCUT2D eigenvalue weighted by Gasteiger charge is -2.27. The zero-order valence-corrected chi connectivity index (χ0v) is 11.2. The van der Waals surface area contributed by atoms with Crippen molar-refractivity contribution in [1.29, 1.82) is 0 Å². The summed E-state index contributed by atoms with van der Waals surface area (Å²) < 4.78 is 0. The van der Waals surface area contributed by atoms with E-state index >= 15 is 0 Å². The van der Waals surface area contributed by atoms with Crippen molar-refractivity contribution in [2.45, 2.75) is 44.6 Å². The molecule has 0 aromatic heterocycles. The summed E-state index contributed by atoms with van der Waals surface area (Å²) in [6.07, 6.45) is 6.40. The zero-order chi connectivity index (χ0) is 13.2. The number of carbonyl (C=O) groups excluding carboxylic acids is 1. The molecule has 3 rings (SSSR count). The first-order chi connectivity index (χ1) is 9.25. The third-order valence-corrected chi connectivity index (χ3v) is 4.50. The minimum Gasteiger partial charge on any atom is -0.388 e. The lowest BCUT2D eigenvalue weighted by Crippen LogP contribution is -2.32. The van der Waals surface area contributed by atoms with Crippen molar-refractivity contribution in [3.63, 3.8) is 0 Å². The van der Waals surface area contributed by atoms with Gasteiger partial charge >= 0.3 is 0 Å². The van der Waals surface area contributed by atoms with Gasteiger partial charge in [-0.05, 0) is 42.4 Å². The smallest absolute Gasteiger partial charge is 0.251 e. The van der Waals surface area contributed by atoms with Crippen molar-refractivity contribution in [2.75, 3.05) is 6.54 Å². The first kappa shape index (κ1) is 12.7. The van der Waals surface area contributed by atoms with E-state index in [9.17, 15) is 9.90 Å². The Morgan fingerprint density at radius 2 is 2.00 bits per heavy atom. The Morgan fingerprint density at radius 1 is 1.21 bits per heavy atom. The number of nitrogens with one attached hydrogen (secondary N) is 1. The van der Waals surface area contributed by atoms with Crippen molar-refractivity contribution in [1.82, 2.24) is 5.32 Å². The summed E-state index contributed by atoms with van der Waals surface area (Å²) in [5.74, 6) is 0.359. The largest absolute Gasteiger partial charge is 0.388 e. The molecule has 102 valence electrons. The van der Waals surface area contributed by atoms with Crippen LogP contribution in [0.15, 0.2) is 18.2 Å². The quantitative estimate of drug-likeness (QED) is 0.857. The molecule has 1 saturated carbocycles. The van der Waals surface area contributed by atoms with Crippen LogP contribution in [0.3, 0.4) is 0 Å². The van der Waals surface area contributed by atoms with E-state index in [4.69, 9.17) is 0 Å². The molecule has 1 fully saturated rings. The normalized spacial score (nSPS) is 21.6. The predicted octanol–water partition coefficient (Wildman–Crippen LogP) is 2.59. The lowest BCUT2D eigenvalue weighted by atomic mass is 9.82. The highest BCUT2D eigenvalue weighted by molar-refractivity contribution is 5.96. The topological polar surface area (TPSA) is 49.3 Å². The summed E-state index contributed by atoms with van der Waals surface area (Å²) >= 11 is 0. The summed E-state index contributed by atoms with van der Waals surface area (Å²) in [5, 5.41) is 13.4. The molecule has 2 aliphatic rings. The molecule has 1 aliphatic heterocycles. The molecular formula is C16H21NO2. The molecule has 1 amide bonds. The maximum atomic E-state index is 11.8. The number of benzene rings is 1. The molecule has 0 radical (unpaired) electrons. The molecule has 0 spiro atoms. The predicted molar refractivity (Wildman–Crippen MR) is 74.0 cm³/mol. The Kier molecular flexibility index (Phi) is 3.56. The van der Waals surface area contributed by atoms with Gasteiger partial charge in [-0.1, -0.05) is 31.4 Å². The van der Waals surface area contributed by atoms with Crippen LogP contribution in [0, 0.1) is 5.92 Å². The van der Waals surface area contributed by atoms with Crippen molar-refractivity contribution in [3.05, 3.63) is 34.9 Å². The van der Waals surface area contributed by atoms with Crippen molar-refractivity contribution < 1.29 is 9.90 Å². The van der Waals surface area contributed by atoms with Crippen molar-refractivity contribution >= 4 is 5.91 Å². The van der Waals surface area contributed by atoms with E-state index in [0.717, 1.165) is 42.5 Å². The lowest BCUT2D eigenvalue weighted by molar-refractivity contribution is 0.0845. The van der Waals surface area contributed by atoms with Crippen LogP contribution in [0.4, 0.5) is 0 Å². The van der Waals surface area contributed by atoms with Gasteiger partial charge in [0.2, 0.25) is 0 Å². The second-order valence-corrected chi connectivity index (χ2v) is 5.77. The SMILES string of the molecule is O=C1NCCc2ccc([C@@H](O)C3CCCCC3)cc21. The van der Waals surface area contributed by atoms with Gasteiger partial charge in [-0.3, -0.25) is 4.79 Å². The minimum absolute atomic E-state index is 0.000978. The fraction of sp³-hybridized carbons (Fsp3) is 0.562. The molecule has 2 N–H and O–H groups in total. The van der Waals surface area contributed by atoms with Crippen LogP contribution in [0.5, 0.6) is 0 Å². The Morgan fingerprint density at radius 3 is 2.79 bits per heavy atom. The van der Waals surface area contributed by atoms with Crippen LogP contribution in [0.25, 0.3) is 0 Å². The summed E-state index contributed by atoms with van der Waals surface area (Å²) in [7, 11) is 0. The number of aliphatic hydroxyl groups excluding tert-OH is 1. The number of fused-ring (bicyclic) bond motifs is 1. The molecule has 1 aliphatic carbocycles.